The molecule has 0 aliphatic carbocycles. The Morgan fingerprint density at radius 2 is 2.12 bits per heavy atom. The number of ether oxygens (including phenoxy) is 1. The molecule has 130 valence electrons. The molecule has 0 saturated carbocycles. The number of benzene rings is 1. The lowest BCUT2D eigenvalue weighted by atomic mass is 9.97. The molecule has 1 fully saturated rings. The van der Waals surface area contributed by atoms with E-state index in [0.29, 0.717) is 30.6 Å². The molecule has 0 bridgehead atoms. The van der Waals surface area contributed by atoms with Gasteiger partial charge in [0.1, 0.15) is 11.9 Å². The molecule has 0 radical (unpaired) electrons. The third-order valence-electron chi connectivity index (χ3n) is 4.06. The number of aryl methyl sites for hydroxylation is 1. The van der Waals surface area contributed by atoms with Crippen LogP contribution in [-0.2, 0) is 19.1 Å². The summed E-state index contributed by atoms with van der Waals surface area (Å²) < 4.78 is 17.9. The van der Waals surface area contributed by atoms with Crippen molar-refractivity contribution in [1.29, 1.82) is 0 Å². The molecule has 1 heterocycles. The Morgan fingerprint density at radius 1 is 1.38 bits per heavy atom. The summed E-state index contributed by atoms with van der Waals surface area (Å²) in [6.45, 7) is 2.46. The second-order valence-electron chi connectivity index (χ2n) is 5.71. The molecule has 0 aromatic heterocycles. The number of amides is 2. The van der Waals surface area contributed by atoms with Crippen LogP contribution in [0.3, 0.4) is 0 Å². The number of rotatable bonds is 5. The van der Waals surface area contributed by atoms with Crippen molar-refractivity contribution in [2.24, 2.45) is 0 Å². The number of esters is 1. The minimum atomic E-state index is -0.773. The van der Waals surface area contributed by atoms with Crippen molar-refractivity contribution < 1.29 is 23.5 Å². The number of methoxy groups -OCH3 is 1. The van der Waals surface area contributed by atoms with E-state index < -0.39 is 6.04 Å². The number of nitrogens with one attached hydrogen (secondary N) is 1. The zero-order valence-electron chi connectivity index (χ0n) is 13.8. The maximum atomic E-state index is 13.3. The van der Waals surface area contributed by atoms with E-state index in [1.165, 1.54) is 30.2 Å². The van der Waals surface area contributed by atoms with Crippen LogP contribution in [0.2, 0.25) is 0 Å². The third kappa shape index (κ3) is 4.10. The molecule has 1 aliphatic heterocycles. The van der Waals surface area contributed by atoms with Gasteiger partial charge in [-0.25, -0.2) is 4.39 Å². The van der Waals surface area contributed by atoms with Crippen LogP contribution in [0.5, 0.6) is 0 Å². The smallest absolute Gasteiger partial charge is 0.305 e. The van der Waals surface area contributed by atoms with E-state index in [1.807, 2.05) is 0 Å². The Hall–Kier alpha value is -2.44. The topological polar surface area (TPSA) is 75.7 Å². The Kier molecular flexibility index (Phi) is 5.89. The summed E-state index contributed by atoms with van der Waals surface area (Å²) in [6, 6.07) is 3.39. The molecule has 24 heavy (non-hydrogen) atoms. The Morgan fingerprint density at radius 3 is 2.79 bits per heavy atom. The monoisotopic (exact) mass is 336 g/mol. The van der Waals surface area contributed by atoms with Gasteiger partial charge in [0.15, 0.2) is 0 Å². The van der Waals surface area contributed by atoms with Crippen LogP contribution in [0, 0.1) is 12.7 Å². The van der Waals surface area contributed by atoms with Crippen LogP contribution < -0.4 is 5.32 Å². The second kappa shape index (κ2) is 7.90. The molecule has 2 rings (SSSR count). The van der Waals surface area contributed by atoms with Crippen LogP contribution in [-0.4, -0.2) is 42.9 Å². The number of hydrogen-bond donors (Lipinski definition) is 1. The molecular weight excluding hydrogens is 315 g/mol. The highest BCUT2D eigenvalue weighted by molar-refractivity contribution is 5.90. The SMILES string of the molecule is COC(=O)CCCC(=O)N1CCNC(=O)C1c1ccc(F)cc1C. The van der Waals surface area contributed by atoms with Crippen molar-refractivity contribution in [3.8, 4) is 0 Å². The van der Waals surface area contributed by atoms with Gasteiger partial charge in [-0.1, -0.05) is 6.07 Å². The van der Waals surface area contributed by atoms with Crippen molar-refractivity contribution in [3.05, 3.63) is 35.1 Å². The van der Waals surface area contributed by atoms with Crippen LogP contribution >= 0.6 is 0 Å². The minimum absolute atomic E-state index is 0.152. The van der Waals surface area contributed by atoms with Gasteiger partial charge in [0.2, 0.25) is 11.8 Å². The van der Waals surface area contributed by atoms with Crippen LogP contribution in [0.25, 0.3) is 0 Å². The van der Waals surface area contributed by atoms with Gasteiger partial charge in [-0.2, -0.15) is 0 Å². The molecule has 1 atom stereocenters. The van der Waals surface area contributed by atoms with Gasteiger partial charge in [0.05, 0.1) is 7.11 Å². The van der Waals surface area contributed by atoms with Gasteiger partial charge < -0.3 is 15.0 Å². The molecule has 1 aromatic rings. The predicted molar refractivity (Wildman–Crippen MR) is 84.5 cm³/mol. The lowest BCUT2D eigenvalue weighted by molar-refractivity contribution is -0.144. The molecule has 1 aromatic carbocycles. The van der Waals surface area contributed by atoms with E-state index in [1.54, 1.807) is 6.92 Å². The average Bonchev–Trinajstić information content (AvgIpc) is 2.55. The zero-order valence-corrected chi connectivity index (χ0v) is 13.8. The first kappa shape index (κ1) is 17.9. The van der Waals surface area contributed by atoms with Gasteiger partial charge >= 0.3 is 5.97 Å². The third-order valence-corrected chi connectivity index (χ3v) is 4.06. The summed E-state index contributed by atoms with van der Waals surface area (Å²) in [6.07, 6.45) is 0.667. The Labute approximate surface area is 140 Å². The maximum absolute atomic E-state index is 13.3. The first-order chi connectivity index (χ1) is 11.4. The highest BCUT2D eigenvalue weighted by Gasteiger charge is 2.34. The molecule has 0 spiro atoms. The lowest BCUT2D eigenvalue weighted by Crippen LogP contribution is -2.52. The first-order valence-electron chi connectivity index (χ1n) is 7.84. The maximum Gasteiger partial charge on any atom is 0.305 e. The number of piperazine rings is 1. The second-order valence-corrected chi connectivity index (χ2v) is 5.71. The number of halogens is 1. The summed E-state index contributed by atoms with van der Waals surface area (Å²) in [5.74, 6) is -1.24. The normalized spacial score (nSPS) is 17.4. The lowest BCUT2D eigenvalue weighted by Gasteiger charge is -2.36. The van der Waals surface area contributed by atoms with Crippen molar-refractivity contribution in [3.63, 3.8) is 0 Å². The summed E-state index contributed by atoms with van der Waals surface area (Å²) in [5.41, 5.74) is 1.22. The first-order valence-corrected chi connectivity index (χ1v) is 7.84. The van der Waals surface area contributed by atoms with Crippen LogP contribution in [0.4, 0.5) is 4.39 Å². The fourth-order valence-electron chi connectivity index (χ4n) is 2.82. The summed E-state index contributed by atoms with van der Waals surface area (Å²) in [7, 11) is 1.30. The number of carbonyl (C=O) groups is 3. The van der Waals surface area contributed by atoms with E-state index in [4.69, 9.17) is 0 Å². The van der Waals surface area contributed by atoms with Crippen molar-refractivity contribution in [2.45, 2.75) is 32.2 Å². The highest BCUT2D eigenvalue weighted by atomic mass is 19.1. The Bertz CT molecular complexity index is 647. The molecule has 1 saturated heterocycles. The van der Waals surface area contributed by atoms with Gasteiger partial charge in [0.25, 0.3) is 0 Å². The standard InChI is InChI=1S/C17H21FN2O4/c1-11-10-12(18)6-7-13(11)16-17(23)19-8-9-20(16)14(21)4-3-5-15(22)24-2/h6-7,10,16H,3-5,8-9H2,1-2H3,(H,19,23). The number of nitrogens with zero attached hydrogens (tertiary/aromatic N) is 1. The molecule has 6 nitrogen and oxygen atoms in total. The van der Waals surface area contributed by atoms with Gasteiger partial charge in [-0.05, 0) is 36.6 Å². The van der Waals surface area contributed by atoms with E-state index in [9.17, 15) is 18.8 Å². The van der Waals surface area contributed by atoms with E-state index in [-0.39, 0.29) is 36.4 Å². The van der Waals surface area contributed by atoms with Gasteiger partial charge in [0, 0.05) is 25.9 Å². The zero-order chi connectivity index (χ0) is 17.7. The molecule has 7 heteroatoms. The summed E-state index contributed by atoms with van der Waals surface area (Å²) in [4.78, 5) is 37.4. The van der Waals surface area contributed by atoms with E-state index in [2.05, 4.69) is 10.1 Å². The van der Waals surface area contributed by atoms with Crippen LogP contribution in [0.1, 0.15) is 36.4 Å². The molecular formula is C17H21FN2O4. The Balaban J connectivity index is 2.15. The highest BCUT2D eigenvalue weighted by Crippen LogP contribution is 2.27. The minimum Gasteiger partial charge on any atom is -0.469 e. The van der Waals surface area contributed by atoms with Crippen LogP contribution in [0.15, 0.2) is 18.2 Å². The van der Waals surface area contributed by atoms with Crippen molar-refractivity contribution in [2.75, 3.05) is 20.2 Å². The van der Waals surface area contributed by atoms with Crippen molar-refractivity contribution >= 4 is 17.8 Å². The average molecular weight is 336 g/mol. The largest absolute Gasteiger partial charge is 0.469 e. The predicted octanol–water partition coefficient (Wildman–Crippen LogP) is 1.48. The summed E-state index contributed by atoms with van der Waals surface area (Å²) in [5, 5.41) is 2.74. The molecule has 1 unspecified atom stereocenters. The quantitative estimate of drug-likeness (QED) is 0.827. The van der Waals surface area contributed by atoms with Gasteiger partial charge in [-0.15, -0.1) is 0 Å². The number of hydrogen-bond acceptors (Lipinski definition) is 4. The fraction of sp³-hybridized carbons (Fsp3) is 0.471. The van der Waals surface area contributed by atoms with E-state index in [0.717, 1.165) is 0 Å². The van der Waals surface area contributed by atoms with E-state index >= 15 is 0 Å². The summed E-state index contributed by atoms with van der Waals surface area (Å²) >= 11 is 0. The fourth-order valence-corrected chi connectivity index (χ4v) is 2.82. The van der Waals surface area contributed by atoms with Crippen molar-refractivity contribution in [1.82, 2.24) is 10.2 Å². The molecule has 2 amide bonds. The molecule has 1 N–H and O–H groups in total. The molecule has 1 aliphatic rings. The van der Waals surface area contributed by atoms with Gasteiger partial charge in [-0.3, -0.25) is 14.4 Å². The number of carbonyl (C=O) groups excluding carboxylic acids is 3.